The van der Waals surface area contributed by atoms with Gasteiger partial charge in [-0.3, -0.25) is 9.88 Å². The lowest BCUT2D eigenvalue weighted by Gasteiger charge is -2.39. The molecule has 1 N–H and O–H groups in total. The predicted molar refractivity (Wildman–Crippen MR) is 75.4 cm³/mol. The first kappa shape index (κ1) is 13.5. The Labute approximate surface area is 111 Å². The standard InChI is InChI=1S/C15H25N3/c1-12(2)8-15-11-18(13(3)9-17-15)10-14-6-4-5-7-16-14/h4-7,12-13,15,17H,8-11H2,1-3H3. The van der Waals surface area contributed by atoms with Crippen molar-refractivity contribution in [1.82, 2.24) is 15.2 Å². The minimum absolute atomic E-state index is 0.593. The zero-order valence-corrected chi connectivity index (χ0v) is 11.8. The molecule has 0 spiro atoms. The van der Waals surface area contributed by atoms with Gasteiger partial charge in [-0.05, 0) is 31.4 Å². The molecule has 0 saturated carbocycles. The molecule has 1 aromatic heterocycles. The summed E-state index contributed by atoms with van der Waals surface area (Å²) in [4.78, 5) is 6.98. The molecule has 2 heterocycles. The van der Waals surface area contributed by atoms with Crippen molar-refractivity contribution in [2.24, 2.45) is 5.92 Å². The number of hydrogen-bond donors (Lipinski definition) is 1. The fourth-order valence-electron chi connectivity index (χ4n) is 2.64. The van der Waals surface area contributed by atoms with Gasteiger partial charge in [0.05, 0.1) is 5.69 Å². The Kier molecular flexibility index (Phi) is 4.72. The van der Waals surface area contributed by atoms with E-state index in [4.69, 9.17) is 0 Å². The van der Waals surface area contributed by atoms with Gasteiger partial charge in [0.25, 0.3) is 0 Å². The van der Waals surface area contributed by atoms with Crippen LogP contribution in [0.15, 0.2) is 24.4 Å². The first-order chi connectivity index (χ1) is 8.65. The van der Waals surface area contributed by atoms with Gasteiger partial charge in [-0.15, -0.1) is 0 Å². The van der Waals surface area contributed by atoms with Crippen LogP contribution in [-0.4, -0.2) is 35.1 Å². The highest BCUT2D eigenvalue weighted by atomic mass is 15.2. The average molecular weight is 247 g/mol. The van der Waals surface area contributed by atoms with E-state index in [1.807, 2.05) is 12.3 Å². The highest BCUT2D eigenvalue weighted by Crippen LogP contribution is 2.15. The quantitative estimate of drug-likeness (QED) is 0.885. The van der Waals surface area contributed by atoms with Crippen LogP contribution < -0.4 is 5.32 Å². The number of rotatable bonds is 4. The maximum absolute atomic E-state index is 4.43. The molecule has 1 aliphatic rings. The first-order valence-electron chi connectivity index (χ1n) is 7.02. The van der Waals surface area contributed by atoms with Gasteiger partial charge >= 0.3 is 0 Å². The monoisotopic (exact) mass is 247 g/mol. The van der Waals surface area contributed by atoms with Crippen LogP contribution in [0.4, 0.5) is 0 Å². The summed E-state index contributed by atoms with van der Waals surface area (Å²) in [5.41, 5.74) is 1.18. The third kappa shape index (κ3) is 3.79. The van der Waals surface area contributed by atoms with Gasteiger partial charge < -0.3 is 5.32 Å². The van der Waals surface area contributed by atoms with Crippen LogP contribution in [0.1, 0.15) is 32.9 Å². The van der Waals surface area contributed by atoms with Crippen LogP contribution >= 0.6 is 0 Å². The Hall–Kier alpha value is -0.930. The molecule has 0 bridgehead atoms. The van der Waals surface area contributed by atoms with Gasteiger partial charge in [-0.2, -0.15) is 0 Å². The maximum atomic E-state index is 4.43. The van der Waals surface area contributed by atoms with Crippen molar-refractivity contribution < 1.29 is 0 Å². The van der Waals surface area contributed by atoms with Crippen molar-refractivity contribution in [3.05, 3.63) is 30.1 Å². The fraction of sp³-hybridized carbons (Fsp3) is 0.667. The molecule has 18 heavy (non-hydrogen) atoms. The van der Waals surface area contributed by atoms with Crippen LogP contribution in [0.25, 0.3) is 0 Å². The lowest BCUT2D eigenvalue weighted by Crippen LogP contribution is -2.55. The molecular formula is C15H25N3. The topological polar surface area (TPSA) is 28.2 Å². The van der Waals surface area contributed by atoms with Crippen LogP contribution in [-0.2, 0) is 6.54 Å². The Morgan fingerprint density at radius 3 is 2.94 bits per heavy atom. The molecule has 0 radical (unpaired) electrons. The maximum Gasteiger partial charge on any atom is 0.0544 e. The average Bonchev–Trinajstić information content (AvgIpc) is 2.34. The van der Waals surface area contributed by atoms with Crippen molar-refractivity contribution in [2.75, 3.05) is 13.1 Å². The molecule has 3 heteroatoms. The molecule has 2 atom stereocenters. The third-order valence-electron chi connectivity index (χ3n) is 3.63. The number of pyridine rings is 1. The molecule has 3 nitrogen and oxygen atoms in total. The highest BCUT2D eigenvalue weighted by Gasteiger charge is 2.25. The van der Waals surface area contributed by atoms with Gasteiger partial charge in [0.15, 0.2) is 0 Å². The smallest absolute Gasteiger partial charge is 0.0544 e. The molecule has 1 aliphatic heterocycles. The van der Waals surface area contributed by atoms with Crippen molar-refractivity contribution >= 4 is 0 Å². The van der Waals surface area contributed by atoms with Crippen molar-refractivity contribution in [3.63, 3.8) is 0 Å². The zero-order valence-electron chi connectivity index (χ0n) is 11.8. The van der Waals surface area contributed by atoms with Gasteiger partial charge in [0.1, 0.15) is 0 Å². The van der Waals surface area contributed by atoms with E-state index in [2.05, 4.69) is 48.1 Å². The van der Waals surface area contributed by atoms with E-state index in [1.165, 1.54) is 12.1 Å². The third-order valence-corrected chi connectivity index (χ3v) is 3.63. The molecular weight excluding hydrogens is 222 g/mol. The van der Waals surface area contributed by atoms with E-state index in [-0.39, 0.29) is 0 Å². The second-order valence-corrected chi connectivity index (χ2v) is 5.83. The first-order valence-corrected chi connectivity index (χ1v) is 7.02. The van der Waals surface area contributed by atoms with E-state index < -0.39 is 0 Å². The second-order valence-electron chi connectivity index (χ2n) is 5.83. The van der Waals surface area contributed by atoms with Crippen LogP contribution in [0.3, 0.4) is 0 Å². The summed E-state index contributed by atoms with van der Waals surface area (Å²) in [5, 5.41) is 3.65. The minimum atomic E-state index is 0.593. The normalized spacial score (nSPS) is 25.6. The summed E-state index contributed by atoms with van der Waals surface area (Å²) in [6, 6.07) is 7.39. The van der Waals surface area contributed by atoms with Crippen LogP contribution in [0.2, 0.25) is 0 Å². The Balaban J connectivity index is 1.93. The van der Waals surface area contributed by atoms with Gasteiger partial charge in [0, 0.05) is 37.9 Å². The van der Waals surface area contributed by atoms with Gasteiger partial charge in [-0.25, -0.2) is 0 Å². The summed E-state index contributed by atoms with van der Waals surface area (Å²) >= 11 is 0. The fourth-order valence-corrected chi connectivity index (χ4v) is 2.64. The zero-order chi connectivity index (χ0) is 13.0. The number of hydrogen-bond acceptors (Lipinski definition) is 3. The Morgan fingerprint density at radius 2 is 2.28 bits per heavy atom. The molecule has 0 amide bonds. The molecule has 2 unspecified atom stereocenters. The lowest BCUT2D eigenvalue weighted by molar-refractivity contribution is 0.123. The SMILES string of the molecule is CC(C)CC1CN(Cc2ccccn2)C(C)CN1. The van der Waals surface area contributed by atoms with Crippen LogP contribution in [0.5, 0.6) is 0 Å². The second kappa shape index (κ2) is 6.30. The minimum Gasteiger partial charge on any atom is -0.311 e. The Morgan fingerprint density at radius 1 is 1.44 bits per heavy atom. The predicted octanol–water partition coefficient (Wildman–Crippen LogP) is 2.29. The number of aromatic nitrogens is 1. The van der Waals surface area contributed by atoms with Crippen molar-refractivity contribution in [2.45, 2.75) is 45.8 Å². The number of nitrogens with zero attached hydrogens (tertiary/aromatic N) is 2. The van der Waals surface area contributed by atoms with Crippen LogP contribution in [0, 0.1) is 5.92 Å². The van der Waals surface area contributed by atoms with Crippen molar-refractivity contribution in [1.29, 1.82) is 0 Å². The van der Waals surface area contributed by atoms with E-state index in [9.17, 15) is 0 Å². The van der Waals surface area contributed by atoms with Gasteiger partial charge in [0.2, 0.25) is 0 Å². The van der Waals surface area contributed by atoms with E-state index >= 15 is 0 Å². The van der Waals surface area contributed by atoms with E-state index in [0.717, 1.165) is 25.6 Å². The highest BCUT2D eigenvalue weighted by molar-refractivity contribution is 5.04. The summed E-state index contributed by atoms with van der Waals surface area (Å²) in [5.74, 6) is 0.757. The largest absolute Gasteiger partial charge is 0.311 e. The number of nitrogens with one attached hydrogen (secondary N) is 1. The molecule has 0 aliphatic carbocycles. The summed E-state index contributed by atoms with van der Waals surface area (Å²) < 4.78 is 0. The number of piperazine rings is 1. The lowest BCUT2D eigenvalue weighted by atomic mass is 10.00. The summed E-state index contributed by atoms with van der Waals surface area (Å²) in [6.45, 7) is 10.1. The molecule has 2 rings (SSSR count). The van der Waals surface area contributed by atoms with E-state index in [0.29, 0.717) is 12.1 Å². The summed E-state index contributed by atoms with van der Waals surface area (Å²) in [7, 11) is 0. The van der Waals surface area contributed by atoms with Crippen molar-refractivity contribution in [3.8, 4) is 0 Å². The molecule has 100 valence electrons. The molecule has 1 saturated heterocycles. The molecule has 0 aromatic carbocycles. The van der Waals surface area contributed by atoms with Gasteiger partial charge in [-0.1, -0.05) is 19.9 Å². The summed E-state index contributed by atoms with van der Waals surface area (Å²) in [6.07, 6.45) is 3.14. The van der Waals surface area contributed by atoms with E-state index in [1.54, 1.807) is 0 Å². The molecule has 1 fully saturated rings. The molecule has 1 aromatic rings. The Bertz CT molecular complexity index is 350.